The van der Waals surface area contributed by atoms with Crippen molar-refractivity contribution in [2.45, 2.75) is 0 Å². The number of hydrogen-bond donors (Lipinski definition) is 0. The molecule has 0 saturated carbocycles. The standard InChI is InChI=1S/Al.Lu.3O/q2*+3;3*-2. The third-order valence-corrected chi connectivity index (χ3v) is 0. The SMILES string of the molecule is [Al+3].[Lu+3].[O-2].[O-2].[O-2]. The Morgan fingerprint density at radius 1 is 0.600 bits per heavy atom. The van der Waals surface area contributed by atoms with Crippen LogP contribution in [0, 0.1) is 36.9 Å². The van der Waals surface area contributed by atoms with Gasteiger partial charge in [-0.15, -0.1) is 0 Å². The molecule has 0 bridgehead atoms. The topological polar surface area (TPSA) is 85.5 Å². The maximum absolute atomic E-state index is 0. The van der Waals surface area contributed by atoms with Gasteiger partial charge >= 0.3 is 54.2 Å². The zero-order chi connectivity index (χ0) is 0. The van der Waals surface area contributed by atoms with E-state index in [0.29, 0.717) is 0 Å². The average Bonchev–Trinajstić information content (AvgIpc) is 0. The van der Waals surface area contributed by atoms with Crippen molar-refractivity contribution in [3.63, 3.8) is 0 Å². The molecule has 0 atom stereocenters. The maximum atomic E-state index is 0. The van der Waals surface area contributed by atoms with Crippen LogP contribution in [-0.4, -0.2) is 17.4 Å². The van der Waals surface area contributed by atoms with Crippen LogP contribution < -0.4 is 0 Å². The van der Waals surface area contributed by atoms with E-state index in [1.165, 1.54) is 0 Å². The van der Waals surface area contributed by atoms with Gasteiger partial charge in [-0.3, -0.25) is 0 Å². The fourth-order valence-corrected chi connectivity index (χ4v) is 0. The van der Waals surface area contributed by atoms with Crippen LogP contribution in [0.2, 0.25) is 0 Å². The van der Waals surface area contributed by atoms with E-state index >= 15 is 0 Å². The van der Waals surface area contributed by atoms with Crippen molar-refractivity contribution in [1.82, 2.24) is 0 Å². The Morgan fingerprint density at radius 3 is 0.600 bits per heavy atom. The van der Waals surface area contributed by atoms with Gasteiger partial charge < -0.3 is 16.4 Å². The van der Waals surface area contributed by atoms with Gasteiger partial charge in [-0.1, -0.05) is 0 Å². The van der Waals surface area contributed by atoms with Crippen molar-refractivity contribution in [1.29, 1.82) is 0 Å². The van der Waals surface area contributed by atoms with Gasteiger partial charge in [0.15, 0.2) is 0 Å². The molecule has 0 aromatic rings. The predicted octanol–water partition coefficient (Wildman–Crippen LogP) is -0.737. The van der Waals surface area contributed by atoms with E-state index in [-0.39, 0.29) is 70.7 Å². The average molecular weight is 250 g/mol. The molecular formula is AlLuO3. The first-order valence-electron chi connectivity index (χ1n) is 0. The smallest absolute Gasteiger partial charge is 2.00 e. The minimum Gasteiger partial charge on any atom is -2.00 e. The van der Waals surface area contributed by atoms with Crippen LogP contribution in [-0.2, 0) is 16.4 Å². The van der Waals surface area contributed by atoms with Crippen LogP contribution in [0.1, 0.15) is 0 Å². The van der Waals surface area contributed by atoms with Crippen LogP contribution in [0.4, 0.5) is 0 Å². The largest absolute Gasteiger partial charge is 3.00 e. The zero-order valence-electron chi connectivity index (χ0n) is 2.06. The van der Waals surface area contributed by atoms with Gasteiger partial charge in [-0.2, -0.15) is 0 Å². The zero-order valence-corrected chi connectivity index (χ0v) is 4.87. The molecule has 0 unspecified atom stereocenters. The maximum Gasteiger partial charge on any atom is 3.00 e. The Labute approximate surface area is 70.0 Å². The normalized spacial score (nSPS) is 0. The molecule has 0 radical (unpaired) electrons. The number of hydrogen-bond acceptors (Lipinski definition) is 0. The molecule has 0 saturated heterocycles. The summed E-state index contributed by atoms with van der Waals surface area (Å²) in [5.74, 6) is 0. The molecular weight excluding hydrogens is 250 g/mol. The van der Waals surface area contributed by atoms with Crippen molar-refractivity contribution >= 4 is 17.4 Å². The second kappa shape index (κ2) is 45.0. The van der Waals surface area contributed by atoms with Gasteiger partial charge in [0, 0.05) is 0 Å². The number of rotatable bonds is 0. The fourth-order valence-electron chi connectivity index (χ4n) is 0. The fraction of sp³-hybridized carbons (Fsp3) is 0. The third-order valence-electron chi connectivity index (χ3n) is 0. The van der Waals surface area contributed by atoms with Crippen LogP contribution in [0.3, 0.4) is 0 Å². The van der Waals surface area contributed by atoms with E-state index in [0.717, 1.165) is 0 Å². The third kappa shape index (κ3) is 27.7. The molecule has 0 amide bonds. The first-order chi connectivity index (χ1) is 0. The Balaban J connectivity index is 0. The van der Waals surface area contributed by atoms with E-state index < -0.39 is 0 Å². The quantitative estimate of drug-likeness (QED) is 0.507. The van der Waals surface area contributed by atoms with E-state index in [2.05, 4.69) is 0 Å². The van der Waals surface area contributed by atoms with Gasteiger partial charge in [0.1, 0.15) is 0 Å². The second-order valence-electron chi connectivity index (χ2n) is 0. The van der Waals surface area contributed by atoms with Gasteiger partial charge in [0.25, 0.3) is 0 Å². The van der Waals surface area contributed by atoms with Crippen molar-refractivity contribution in [3.8, 4) is 0 Å². The van der Waals surface area contributed by atoms with Crippen molar-refractivity contribution < 1.29 is 53.3 Å². The predicted molar refractivity (Wildman–Crippen MR) is 7.81 cm³/mol. The van der Waals surface area contributed by atoms with E-state index in [1.54, 1.807) is 0 Å². The molecule has 0 fully saturated rings. The van der Waals surface area contributed by atoms with Gasteiger partial charge in [0.2, 0.25) is 0 Å². The Morgan fingerprint density at radius 2 is 0.600 bits per heavy atom. The Bertz CT molecular complexity index is 6.85. The molecule has 0 aliphatic rings. The first-order valence-corrected chi connectivity index (χ1v) is 0. The summed E-state index contributed by atoms with van der Waals surface area (Å²) in [5.41, 5.74) is 0. The summed E-state index contributed by atoms with van der Waals surface area (Å²) in [6, 6.07) is 0. The monoisotopic (exact) mass is 250 g/mol. The molecule has 0 aromatic heterocycles. The van der Waals surface area contributed by atoms with Crippen molar-refractivity contribution in [2.24, 2.45) is 0 Å². The summed E-state index contributed by atoms with van der Waals surface area (Å²) < 4.78 is 0. The van der Waals surface area contributed by atoms with Crippen molar-refractivity contribution in [2.75, 3.05) is 0 Å². The van der Waals surface area contributed by atoms with Gasteiger partial charge in [0.05, 0.1) is 0 Å². The van der Waals surface area contributed by atoms with E-state index in [1.807, 2.05) is 0 Å². The van der Waals surface area contributed by atoms with Crippen LogP contribution in [0.5, 0.6) is 0 Å². The summed E-state index contributed by atoms with van der Waals surface area (Å²) in [5, 5.41) is 0. The molecule has 5 heteroatoms. The summed E-state index contributed by atoms with van der Waals surface area (Å²) in [6.45, 7) is 0. The van der Waals surface area contributed by atoms with Crippen LogP contribution in [0.15, 0.2) is 0 Å². The molecule has 5 heavy (non-hydrogen) atoms. The summed E-state index contributed by atoms with van der Waals surface area (Å²) in [4.78, 5) is 0. The minimum atomic E-state index is 0. The molecule has 36 valence electrons. The summed E-state index contributed by atoms with van der Waals surface area (Å²) in [6.07, 6.45) is 0. The Kier molecular flexibility index (Phi) is 703. The minimum absolute atomic E-state index is 0. The molecule has 0 aromatic carbocycles. The van der Waals surface area contributed by atoms with Crippen molar-refractivity contribution in [3.05, 3.63) is 0 Å². The van der Waals surface area contributed by atoms with Gasteiger partial charge in [-0.05, 0) is 0 Å². The molecule has 0 aliphatic carbocycles. The van der Waals surface area contributed by atoms with Crippen LogP contribution in [0.25, 0.3) is 0 Å². The van der Waals surface area contributed by atoms with Crippen LogP contribution >= 0.6 is 0 Å². The molecule has 0 rings (SSSR count). The van der Waals surface area contributed by atoms with E-state index in [4.69, 9.17) is 0 Å². The molecule has 0 aliphatic heterocycles. The first kappa shape index (κ1) is 78.2. The Hall–Kier alpha value is 1.65. The molecule has 0 heterocycles. The molecule has 3 nitrogen and oxygen atoms in total. The molecule has 0 spiro atoms. The second-order valence-corrected chi connectivity index (χ2v) is 0. The van der Waals surface area contributed by atoms with E-state index in [9.17, 15) is 0 Å². The molecule has 0 N–H and O–H groups in total. The summed E-state index contributed by atoms with van der Waals surface area (Å²) in [7, 11) is 0. The van der Waals surface area contributed by atoms with Gasteiger partial charge in [-0.25, -0.2) is 0 Å². The summed E-state index contributed by atoms with van der Waals surface area (Å²) >= 11 is 0.